The lowest BCUT2D eigenvalue weighted by Gasteiger charge is -2.04. The summed E-state index contributed by atoms with van der Waals surface area (Å²) in [4.78, 5) is 2.34. The molecule has 2 N–H and O–H groups in total. The van der Waals surface area contributed by atoms with Gasteiger partial charge in [-0.3, -0.25) is 4.90 Å². The van der Waals surface area contributed by atoms with Crippen LogP contribution in [0.5, 0.6) is 0 Å². The van der Waals surface area contributed by atoms with Gasteiger partial charge in [0.1, 0.15) is 0 Å². The maximum absolute atomic E-state index is 6.04. The van der Waals surface area contributed by atoms with Gasteiger partial charge in [-0.2, -0.15) is 0 Å². The number of rotatable bonds is 1. The van der Waals surface area contributed by atoms with E-state index in [1.807, 2.05) is 6.92 Å². The van der Waals surface area contributed by atoms with Crippen molar-refractivity contribution in [2.45, 2.75) is 26.1 Å². The van der Waals surface area contributed by atoms with Crippen molar-refractivity contribution < 1.29 is 0 Å². The predicted octanol–water partition coefficient (Wildman–Crippen LogP) is 2.14. The van der Waals surface area contributed by atoms with Gasteiger partial charge in [0.15, 0.2) is 0 Å². The van der Waals surface area contributed by atoms with E-state index in [1.165, 1.54) is 27.6 Å². The van der Waals surface area contributed by atoms with Crippen molar-refractivity contribution in [2.24, 2.45) is 12.8 Å². The van der Waals surface area contributed by atoms with Crippen molar-refractivity contribution >= 4 is 10.9 Å². The van der Waals surface area contributed by atoms with E-state index in [0.717, 1.165) is 13.1 Å². The minimum absolute atomic E-state index is 0.0934. The van der Waals surface area contributed by atoms with Crippen molar-refractivity contribution in [2.75, 3.05) is 7.05 Å². The number of hydrogen-bond donors (Lipinski definition) is 1. The molecule has 2 heterocycles. The van der Waals surface area contributed by atoms with E-state index in [-0.39, 0.29) is 6.04 Å². The van der Waals surface area contributed by atoms with Crippen LogP contribution < -0.4 is 5.73 Å². The number of aromatic nitrogens is 1. The molecule has 0 bridgehead atoms. The summed E-state index contributed by atoms with van der Waals surface area (Å²) in [6.45, 7) is 4.16. The molecule has 17 heavy (non-hydrogen) atoms. The van der Waals surface area contributed by atoms with Gasteiger partial charge < -0.3 is 10.3 Å². The quantitative estimate of drug-likeness (QED) is 0.813. The second-order valence-corrected chi connectivity index (χ2v) is 5.29. The molecule has 3 heteroatoms. The molecule has 1 atom stereocenters. The Bertz CT molecular complexity index is 581. The highest BCUT2D eigenvalue weighted by Gasteiger charge is 2.19. The number of fused-ring (bicyclic) bond motifs is 2. The average molecular weight is 229 g/mol. The summed E-state index contributed by atoms with van der Waals surface area (Å²) in [5.74, 6) is 0. The first-order valence-electron chi connectivity index (χ1n) is 6.11. The Balaban J connectivity index is 2.26. The summed E-state index contributed by atoms with van der Waals surface area (Å²) in [5, 5.41) is 1.32. The summed E-state index contributed by atoms with van der Waals surface area (Å²) >= 11 is 0. The summed E-state index contributed by atoms with van der Waals surface area (Å²) < 4.78 is 2.19. The lowest BCUT2D eigenvalue weighted by Crippen LogP contribution is -2.07. The van der Waals surface area contributed by atoms with Crippen LogP contribution in [-0.2, 0) is 20.1 Å². The van der Waals surface area contributed by atoms with E-state index in [4.69, 9.17) is 5.73 Å². The van der Waals surface area contributed by atoms with Gasteiger partial charge in [0, 0.05) is 43.3 Å². The SMILES string of the molecule is CC(N)c1cn(C)c2cc3c(cc12)CN(C)C3. The van der Waals surface area contributed by atoms with Gasteiger partial charge >= 0.3 is 0 Å². The Hall–Kier alpha value is -1.32. The molecular weight excluding hydrogens is 210 g/mol. The zero-order valence-electron chi connectivity index (χ0n) is 10.7. The lowest BCUT2D eigenvalue weighted by atomic mass is 10.0. The second kappa shape index (κ2) is 3.59. The summed E-state index contributed by atoms with van der Waals surface area (Å²) in [5.41, 5.74) is 11.5. The van der Waals surface area contributed by atoms with Crippen LogP contribution in [0.2, 0.25) is 0 Å². The molecule has 1 aromatic carbocycles. The Kier molecular flexibility index (Phi) is 2.28. The van der Waals surface area contributed by atoms with Crippen molar-refractivity contribution in [3.63, 3.8) is 0 Å². The number of benzene rings is 1. The molecule has 1 aliphatic rings. The number of nitrogens with zero attached hydrogens (tertiary/aromatic N) is 2. The maximum Gasteiger partial charge on any atom is 0.0484 e. The lowest BCUT2D eigenvalue weighted by molar-refractivity contribution is 0.353. The van der Waals surface area contributed by atoms with E-state index in [1.54, 1.807) is 0 Å². The van der Waals surface area contributed by atoms with Gasteiger partial charge in [0.05, 0.1) is 0 Å². The Morgan fingerprint density at radius 2 is 1.82 bits per heavy atom. The highest BCUT2D eigenvalue weighted by molar-refractivity contribution is 5.86. The van der Waals surface area contributed by atoms with E-state index in [2.05, 4.69) is 41.9 Å². The average Bonchev–Trinajstić information content (AvgIpc) is 2.75. The van der Waals surface area contributed by atoms with Crippen LogP contribution >= 0.6 is 0 Å². The van der Waals surface area contributed by atoms with Gasteiger partial charge in [-0.15, -0.1) is 0 Å². The van der Waals surface area contributed by atoms with E-state index < -0.39 is 0 Å². The van der Waals surface area contributed by atoms with E-state index in [9.17, 15) is 0 Å². The second-order valence-electron chi connectivity index (χ2n) is 5.29. The molecule has 1 unspecified atom stereocenters. The Morgan fingerprint density at radius 3 is 2.47 bits per heavy atom. The fraction of sp³-hybridized carbons (Fsp3) is 0.429. The molecule has 3 nitrogen and oxygen atoms in total. The fourth-order valence-corrected chi connectivity index (χ4v) is 2.84. The van der Waals surface area contributed by atoms with Crippen molar-refractivity contribution in [3.8, 4) is 0 Å². The number of aryl methyl sites for hydroxylation is 1. The van der Waals surface area contributed by atoms with E-state index in [0.29, 0.717) is 0 Å². The fourth-order valence-electron chi connectivity index (χ4n) is 2.84. The maximum atomic E-state index is 6.04. The summed E-state index contributed by atoms with van der Waals surface area (Å²) in [6, 6.07) is 4.74. The van der Waals surface area contributed by atoms with Gasteiger partial charge in [-0.05, 0) is 42.8 Å². The molecule has 0 saturated heterocycles. The minimum Gasteiger partial charge on any atom is -0.350 e. The third kappa shape index (κ3) is 1.58. The monoisotopic (exact) mass is 229 g/mol. The smallest absolute Gasteiger partial charge is 0.0484 e. The minimum atomic E-state index is 0.0934. The molecule has 1 aliphatic heterocycles. The van der Waals surface area contributed by atoms with Crippen LogP contribution in [0, 0.1) is 0 Å². The molecule has 0 aliphatic carbocycles. The Morgan fingerprint density at radius 1 is 1.18 bits per heavy atom. The molecule has 90 valence electrons. The molecule has 3 rings (SSSR count). The van der Waals surface area contributed by atoms with Crippen LogP contribution in [0.3, 0.4) is 0 Å². The number of hydrogen-bond acceptors (Lipinski definition) is 2. The first-order valence-corrected chi connectivity index (χ1v) is 6.11. The molecule has 0 fully saturated rings. The predicted molar refractivity (Wildman–Crippen MR) is 70.7 cm³/mol. The largest absolute Gasteiger partial charge is 0.350 e. The standard InChI is InChI=1S/C14H19N3/c1-9(15)13-8-17(3)14-5-11-7-16(2)6-10(11)4-12(13)14/h4-5,8-9H,6-7,15H2,1-3H3. The van der Waals surface area contributed by atoms with Crippen LogP contribution in [-0.4, -0.2) is 16.5 Å². The molecule has 2 aromatic rings. The molecule has 0 saturated carbocycles. The van der Waals surface area contributed by atoms with Gasteiger partial charge in [-0.1, -0.05) is 0 Å². The third-order valence-electron chi connectivity index (χ3n) is 3.71. The molecule has 0 amide bonds. The van der Waals surface area contributed by atoms with Gasteiger partial charge in [-0.25, -0.2) is 0 Å². The molecule has 1 aromatic heterocycles. The van der Waals surface area contributed by atoms with Gasteiger partial charge in [0.2, 0.25) is 0 Å². The number of nitrogens with two attached hydrogens (primary N) is 1. The van der Waals surface area contributed by atoms with Crippen LogP contribution in [0.15, 0.2) is 18.3 Å². The molecule has 0 radical (unpaired) electrons. The van der Waals surface area contributed by atoms with Crippen LogP contribution in [0.25, 0.3) is 10.9 Å². The normalized spacial score (nSPS) is 17.6. The third-order valence-corrected chi connectivity index (χ3v) is 3.71. The molecular formula is C14H19N3. The highest BCUT2D eigenvalue weighted by Crippen LogP contribution is 2.31. The van der Waals surface area contributed by atoms with Crippen molar-refractivity contribution in [1.82, 2.24) is 9.47 Å². The van der Waals surface area contributed by atoms with Crippen LogP contribution in [0.1, 0.15) is 29.7 Å². The summed E-state index contributed by atoms with van der Waals surface area (Å²) in [7, 11) is 4.26. The molecule has 0 spiro atoms. The van der Waals surface area contributed by atoms with Crippen molar-refractivity contribution in [3.05, 3.63) is 35.0 Å². The summed E-state index contributed by atoms with van der Waals surface area (Å²) in [6.07, 6.45) is 2.16. The Labute approximate surface area is 102 Å². The zero-order valence-corrected chi connectivity index (χ0v) is 10.7. The first-order chi connectivity index (χ1) is 8.06. The van der Waals surface area contributed by atoms with Crippen molar-refractivity contribution in [1.29, 1.82) is 0 Å². The first kappa shape index (κ1) is 10.8. The van der Waals surface area contributed by atoms with Gasteiger partial charge in [0.25, 0.3) is 0 Å². The topological polar surface area (TPSA) is 34.2 Å². The van der Waals surface area contributed by atoms with Crippen LogP contribution in [0.4, 0.5) is 0 Å². The van der Waals surface area contributed by atoms with E-state index >= 15 is 0 Å². The zero-order chi connectivity index (χ0) is 12.2. The highest BCUT2D eigenvalue weighted by atomic mass is 15.1.